The normalized spacial score (nSPS) is 10.2. The summed E-state index contributed by atoms with van der Waals surface area (Å²) in [4.78, 5) is 0. The Morgan fingerprint density at radius 1 is 0.476 bits per heavy atom. The number of hydrogen-bond acceptors (Lipinski definition) is 1. The zero-order valence-corrected chi connectivity index (χ0v) is 15.4. The third-order valence-electron chi connectivity index (χ3n) is 3.88. The molecule has 0 unspecified atom stereocenters. The van der Waals surface area contributed by atoms with Crippen molar-refractivity contribution in [3.8, 4) is 0 Å². The number of unbranched alkanes of at least 4 members (excludes halogenated alkanes) is 13. The fraction of sp³-hybridized carbons (Fsp3) is 0.800. The molecule has 0 aliphatic carbocycles. The van der Waals surface area contributed by atoms with Crippen LogP contribution in [0, 0.1) is 0 Å². The van der Waals surface area contributed by atoms with Gasteiger partial charge in [0, 0.05) is 0 Å². The zero-order valence-electron chi connectivity index (χ0n) is 14.6. The van der Waals surface area contributed by atoms with Crippen molar-refractivity contribution >= 4 is 11.3 Å². The molecule has 0 bridgehead atoms. The summed E-state index contributed by atoms with van der Waals surface area (Å²) in [6.45, 7) is 4.58. The minimum absolute atomic E-state index is 1.37. The van der Waals surface area contributed by atoms with Crippen LogP contribution in [-0.2, 0) is 0 Å². The molecule has 0 fully saturated rings. The molecule has 0 saturated carbocycles. The van der Waals surface area contributed by atoms with E-state index in [4.69, 9.17) is 0 Å². The summed E-state index contributed by atoms with van der Waals surface area (Å²) in [5, 5.41) is 4.08. The van der Waals surface area contributed by atoms with E-state index >= 15 is 0 Å². The van der Waals surface area contributed by atoms with Gasteiger partial charge in [-0.2, -0.15) is 11.3 Å². The second-order valence-corrected chi connectivity index (χ2v) is 6.85. The molecule has 0 aromatic carbocycles. The van der Waals surface area contributed by atoms with E-state index in [1.165, 1.54) is 89.9 Å². The molecule has 124 valence electrons. The van der Waals surface area contributed by atoms with E-state index in [1.54, 1.807) is 11.3 Å². The number of thiophene rings is 1. The molecule has 0 nitrogen and oxygen atoms in total. The van der Waals surface area contributed by atoms with Crippen LogP contribution in [0.2, 0.25) is 0 Å². The van der Waals surface area contributed by atoms with E-state index in [9.17, 15) is 0 Å². The number of hydrogen-bond donors (Lipinski definition) is 0. The summed E-state index contributed by atoms with van der Waals surface area (Å²) in [7, 11) is 0. The monoisotopic (exact) mass is 310 g/mol. The van der Waals surface area contributed by atoms with Gasteiger partial charge in [0.2, 0.25) is 0 Å². The van der Waals surface area contributed by atoms with Crippen molar-refractivity contribution in [1.82, 2.24) is 0 Å². The largest absolute Gasteiger partial charge is 0.152 e. The standard InChI is InChI=1S/C16H34.C4H4S/c1-3-5-7-9-11-13-15-16-14-12-10-8-6-4-2;1-2-4-5-3-1/h3-16H2,1-2H3;1-4H. The SMILES string of the molecule is CCCCCCCCCCCCCCCC.c1ccsc1. The maximum Gasteiger partial charge on any atom is -0.00934 e. The Bertz CT molecular complexity index is 209. The molecule has 1 heteroatoms. The van der Waals surface area contributed by atoms with Gasteiger partial charge in [-0.3, -0.25) is 0 Å². The first kappa shape index (κ1) is 20.7. The summed E-state index contributed by atoms with van der Waals surface area (Å²) >= 11 is 1.71. The molecule has 1 heterocycles. The lowest BCUT2D eigenvalue weighted by atomic mass is 10.0. The number of rotatable bonds is 13. The van der Waals surface area contributed by atoms with Gasteiger partial charge >= 0.3 is 0 Å². The molecular formula is C20H38S. The van der Waals surface area contributed by atoms with Crippen LogP contribution in [0.3, 0.4) is 0 Å². The topological polar surface area (TPSA) is 0 Å². The molecule has 0 atom stereocenters. The van der Waals surface area contributed by atoms with Crippen molar-refractivity contribution in [2.45, 2.75) is 104 Å². The smallest absolute Gasteiger partial charge is 0.00934 e. The highest BCUT2D eigenvalue weighted by Crippen LogP contribution is 2.12. The highest BCUT2D eigenvalue weighted by atomic mass is 32.1. The third-order valence-corrected chi connectivity index (χ3v) is 4.51. The third kappa shape index (κ3) is 19.7. The second-order valence-electron chi connectivity index (χ2n) is 6.04. The zero-order chi connectivity index (χ0) is 15.4. The lowest BCUT2D eigenvalue weighted by Crippen LogP contribution is -1.82. The quantitative estimate of drug-likeness (QED) is 0.322. The second kappa shape index (κ2) is 19.7. The molecule has 0 saturated heterocycles. The maximum atomic E-state index is 2.29. The van der Waals surface area contributed by atoms with E-state index in [0.29, 0.717) is 0 Å². The van der Waals surface area contributed by atoms with E-state index in [0.717, 1.165) is 0 Å². The molecule has 1 aromatic rings. The molecule has 0 amide bonds. The van der Waals surface area contributed by atoms with Crippen LogP contribution >= 0.6 is 11.3 Å². The van der Waals surface area contributed by atoms with Crippen LogP contribution in [0.5, 0.6) is 0 Å². The fourth-order valence-corrected chi connectivity index (χ4v) is 2.95. The van der Waals surface area contributed by atoms with Crippen LogP contribution in [0.15, 0.2) is 22.9 Å². The van der Waals surface area contributed by atoms with Gasteiger partial charge in [-0.1, -0.05) is 116 Å². The van der Waals surface area contributed by atoms with Crippen molar-refractivity contribution in [2.24, 2.45) is 0 Å². The van der Waals surface area contributed by atoms with Gasteiger partial charge in [-0.05, 0) is 10.8 Å². The van der Waals surface area contributed by atoms with Crippen molar-refractivity contribution in [2.75, 3.05) is 0 Å². The summed E-state index contributed by atoms with van der Waals surface area (Å²) in [6.07, 6.45) is 20.4. The maximum absolute atomic E-state index is 2.29. The summed E-state index contributed by atoms with van der Waals surface area (Å²) in [5.74, 6) is 0. The average molecular weight is 311 g/mol. The van der Waals surface area contributed by atoms with Gasteiger partial charge in [-0.15, -0.1) is 0 Å². The van der Waals surface area contributed by atoms with Crippen molar-refractivity contribution in [1.29, 1.82) is 0 Å². The molecule has 1 aromatic heterocycles. The molecule has 0 spiro atoms. The first-order valence-electron chi connectivity index (χ1n) is 9.39. The van der Waals surface area contributed by atoms with Crippen molar-refractivity contribution < 1.29 is 0 Å². The first-order chi connectivity index (χ1) is 10.4. The molecule has 0 aliphatic heterocycles. The Balaban J connectivity index is 0.000000662. The molecule has 0 N–H and O–H groups in total. The van der Waals surface area contributed by atoms with E-state index < -0.39 is 0 Å². The predicted molar refractivity (Wildman–Crippen MR) is 100 cm³/mol. The van der Waals surface area contributed by atoms with Gasteiger partial charge in [0.15, 0.2) is 0 Å². The highest BCUT2D eigenvalue weighted by Gasteiger charge is 1.92. The van der Waals surface area contributed by atoms with Crippen LogP contribution in [0.4, 0.5) is 0 Å². The van der Waals surface area contributed by atoms with Crippen LogP contribution in [-0.4, -0.2) is 0 Å². The van der Waals surface area contributed by atoms with Gasteiger partial charge in [0.1, 0.15) is 0 Å². The summed E-state index contributed by atoms with van der Waals surface area (Å²) in [6, 6.07) is 4.04. The Labute approximate surface area is 138 Å². The molecule has 1 rings (SSSR count). The Morgan fingerprint density at radius 2 is 0.762 bits per heavy atom. The van der Waals surface area contributed by atoms with E-state index in [2.05, 4.69) is 13.8 Å². The Hall–Kier alpha value is -0.300. The predicted octanol–water partition coefficient (Wildman–Crippen LogP) is 8.24. The minimum Gasteiger partial charge on any atom is -0.152 e. The van der Waals surface area contributed by atoms with Crippen LogP contribution < -0.4 is 0 Å². The summed E-state index contributed by atoms with van der Waals surface area (Å²) < 4.78 is 0. The Morgan fingerprint density at radius 3 is 0.952 bits per heavy atom. The lowest BCUT2D eigenvalue weighted by Gasteiger charge is -2.02. The Kier molecular flexibility index (Phi) is 19.4. The van der Waals surface area contributed by atoms with Gasteiger partial charge < -0.3 is 0 Å². The highest BCUT2D eigenvalue weighted by molar-refractivity contribution is 7.07. The average Bonchev–Trinajstić information content (AvgIpc) is 3.08. The van der Waals surface area contributed by atoms with Crippen LogP contribution in [0.25, 0.3) is 0 Å². The van der Waals surface area contributed by atoms with Gasteiger partial charge in [0.05, 0.1) is 0 Å². The summed E-state index contributed by atoms with van der Waals surface area (Å²) in [5.41, 5.74) is 0. The molecule has 21 heavy (non-hydrogen) atoms. The lowest BCUT2D eigenvalue weighted by molar-refractivity contribution is 0.538. The van der Waals surface area contributed by atoms with E-state index in [-0.39, 0.29) is 0 Å². The first-order valence-corrected chi connectivity index (χ1v) is 10.3. The molecular weight excluding hydrogens is 272 g/mol. The van der Waals surface area contributed by atoms with Gasteiger partial charge in [0.25, 0.3) is 0 Å². The van der Waals surface area contributed by atoms with Crippen molar-refractivity contribution in [3.63, 3.8) is 0 Å². The van der Waals surface area contributed by atoms with E-state index in [1.807, 2.05) is 22.9 Å². The minimum atomic E-state index is 1.37. The molecule has 0 aliphatic rings. The molecule has 0 radical (unpaired) electrons. The van der Waals surface area contributed by atoms with Crippen molar-refractivity contribution in [3.05, 3.63) is 22.9 Å². The van der Waals surface area contributed by atoms with Crippen LogP contribution in [0.1, 0.15) is 104 Å². The van der Waals surface area contributed by atoms with Gasteiger partial charge in [-0.25, -0.2) is 0 Å². The fourth-order valence-electron chi connectivity index (χ4n) is 2.49.